The zero-order valence-corrected chi connectivity index (χ0v) is 22.3. The van der Waals surface area contributed by atoms with Crippen LogP contribution in [0.5, 0.6) is 0 Å². The quantitative estimate of drug-likeness (QED) is 0.365. The molecule has 38 heavy (non-hydrogen) atoms. The molecule has 5 heteroatoms. The normalized spacial score (nSPS) is 16.1. The maximum absolute atomic E-state index is 13.7. The molecule has 0 radical (unpaired) electrons. The van der Waals surface area contributed by atoms with Gasteiger partial charge >= 0.3 is 0 Å². The Hall–Kier alpha value is -3.70. The van der Waals surface area contributed by atoms with Gasteiger partial charge < -0.3 is 14.7 Å². The van der Waals surface area contributed by atoms with Crippen LogP contribution in [0.1, 0.15) is 42.9 Å². The van der Waals surface area contributed by atoms with Gasteiger partial charge in [-0.25, -0.2) is 0 Å². The molecule has 0 aromatic heterocycles. The minimum atomic E-state index is -0.0105. The third kappa shape index (κ3) is 6.22. The molecule has 0 unspecified atom stereocenters. The van der Waals surface area contributed by atoms with Gasteiger partial charge in [-0.2, -0.15) is 0 Å². The molecule has 2 aliphatic rings. The average molecular weight is 508 g/mol. The summed E-state index contributed by atoms with van der Waals surface area (Å²) in [7, 11) is 0. The van der Waals surface area contributed by atoms with Gasteiger partial charge in [0.2, 0.25) is 5.91 Å². The van der Waals surface area contributed by atoms with Crippen molar-refractivity contribution >= 4 is 29.3 Å². The first kappa shape index (κ1) is 25.9. The zero-order chi connectivity index (χ0) is 26.3. The minimum absolute atomic E-state index is 0.0105. The molecular formula is C33H37N3O2. The Morgan fingerprint density at radius 2 is 1.63 bits per heavy atom. The number of carbonyl (C=O) groups excluding carboxylic acids is 2. The van der Waals surface area contributed by atoms with E-state index in [0.717, 1.165) is 68.7 Å². The molecule has 0 aliphatic carbocycles. The molecule has 5 rings (SSSR count). The second-order valence-corrected chi connectivity index (χ2v) is 10.3. The van der Waals surface area contributed by atoms with Gasteiger partial charge in [-0.15, -0.1) is 0 Å². The van der Waals surface area contributed by atoms with E-state index in [-0.39, 0.29) is 17.9 Å². The topological polar surface area (TPSA) is 43.9 Å². The first-order valence-corrected chi connectivity index (χ1v) is 13.8. The van der Waals surface area contributed by atoms with Crippen molar-refractivity contribution in [2.45, 2.75) is 45.1 Å². The molecule has 0 bridgehead atoms. The number of benzene rings is 3. The van der Waals surface area contributed by atoms with Crippen LogP contribution in [0, 0.1) is 0 Å². The summed E-state index contributed by atoms with van der Waals surface area (Å²) in [5, 5.41) is 0. The third-order valence-corrected chi connectivity index (χ3v) is 7.78. The fourth-order valence-corrected chi connectivity index (χ4v) is 5.73. The summed E-state index contributed by atoms with van der Waals surface area (Å²) in [5.41, 5.74) is 5.39. The largest absolute Gasteiger partial charge is 0.312 e. The Balaban J connectivity index is 1.30. The monoisotopic (exact) mass is 507 g/mol. The van der Waals surface area contributed by atoms with E-state index in [9.17, 15) is 9.59 Å². The van der Waals surface area contributed by atoms with Gasteiger partial charge in [0, 0.05) is 50.1 Å². The summed E-state index contributed by atoms with van der Waals surface area (Å²) >= 11 is 0. The van der Waals surface area contributed by atoms with Crippen LogP contribution in [-0.4, -0.2) is 48.9 Å². The molecule has 2 aliphatic heterocycles. The second kappa shape index (κ2) is 12.2. The van der Waals surface area contributed by atoms with Crippen molar-refractivity contribution in [3.63, 3.8) is 0 Å². The lowest BCUT2D eigenvalue weighted by Gasteiger charge is -2.38. The third-order valence-electron chi connectivity index (χ3n) is 7.78. The fourth-order valence-electron chi connectivity index (χ4n) is 5.73. The molecule has 2 amide bonds. The number of hydrogen-bond donors (Lipinski definition) is 0. The predicted octanol–water partition coefficient (Wildman–Crippen LogP) is 5.74. The van der Waals surface area contributed by atoms with E-state index in [0.29, 0.717) is 6.54 Å². The van der Waals surface area contributed by atoms with E-state index in [2.05, 4.69) is 47.4 Å². The Labute approximate surface area is 226 Å². The van der Waals surface area contributed by atoms with E-state index in [4.69, 9.17) is 0 Å². The van der Waals surface area contributed by atoms with Crippen LogP contribution in [0.15, 0.2) is 84.9 Å². The van der Waals surface area contributed by atoms with E-state index in [1.807, 2.05) is 52.3 Å². The Kier molecular flexibility index (Phi) is 8.34. The first-order chi connectivity index (χ1) is 18.6. The average Bonchev–Trinajstić information content (AvgIpc) is 3.38. The zero-order valence-electron chi connectivity index (χ0n) is 22.3. The summed E-state index contributed by atoms with van der Waals surface area (Å²) < 4.78 is 0. The van der Waals surface area contributed by atoms with Crippen LogP contribution in [0.25, 0.3) is 6.08 Å². The molecule has 0 spiro atoms. The van der Waals surface area contributed by atoms with Gasteiger partial charge in [-0.1, -0.05) is 66.7 Å². The smallest absolute Gasteiger partial charge is 0.251 e. The van der Waals surface area contributed by atoms with Crippen LogP contribution >= 0.6 is 0 Å². The highest BCUT2D eigenvalue weighted by Gasteiger charge is 2.30. The van der Waals surface area contributed by atoms with Crippen molar-refractivity contribution in [1.29, 1.82) is 0 Å². The lowest BCUT2D eigenvalue weighted by atomic mass is 10.0. The number of aryl methyl sites for hydroxylation is 1. The van der Waals surface area contributed by atoms with Crippen molar-refractivity contribution in [2.75, 3.05) is 36.0 Å². The molecule has 3 aromatic rings. The lowest BCUT2D eigenvalue weighted by Crippen LogP contribution is -2.47. The van der Waals surface area contributed by atoms with Crippen LogP contribution < -0.4 is 9.80 Å². The van der Waals surface area contributed by atoms with Crippen molar-refractivity contribution < 1.29 is 9.59 Å². The molecule has 1 fully saturated rings. The van der Waals surface area contributed by atoms with Gasteiger partial charge in [-0.05, 0) is 73.5 Å². The van der Waals surface area contributed by atoms with Crippen LogP contribution in [0.4, 0.5) is 11.4 Å². The van der Waals surface area contributed by atoms with E-state index >= 15 is 0 Å². The highest BCUT2D eigenvalue weighted by atomic mass is 16.2. The number of amides is 2. The summed E-state index contributed by atoms with van der Waals surface area (Å²) in [5.74, 6) is 0.0373. The van der Waals surface area contributed by atoms with Crippen molar-refractivity contribution in [2.24, 2.45) is 0 Å². The number of rotatable bonds is 8. The molecule has 3 aromatic carbocycles. The summed E-state index contributed by atoms with van der Waals surface area (Å²) in [6, 6.07) is 26.9. The Bertz CT molecular complexity index is 1260. The maximum Gasteiger partial charge on any atom is 0.251 e. The second-order valence-electron chi connectivity index (χ2n) is 10.3. The van der Waals surface area contributed by atoms with Crippen molar-refractivity contribution in [1.82, 2.24) is 4.90 Å². The van der Waals surface area contributed by atoms with Crippen molar-refractivity contribution in [3.8, 4) is 0 Å². The minimum Gasteiger partial charge on any atom is -0.312 e. The van der Waals surface area contributed by atoms with Crippen LogP contribution in [0.2, 0.25) is 0 Å². The van der Waals surface area contributed by atoms with Gasteiger partial charge in [0.1, 0.15) is 0 Å². The number of anilines is 2. The molecular weight excluding hydrogens is 470 g/mol. The highest BCUT2D eigenvalue weighted by Crippen LogP contribution is 2.34. The molecule has 2 heterocycles. The summed E-state index contributed by atoms with van der Waals surface area (Å²) in [6.45, 7) is 5.36. The Morgan fingerprint density at radius 1 is 0.921 bits per heavy atom. The molecule has 5 nitrogen and oxygen atoms in total. The van der Waals surface area contributed by atoms with Crippen molar-refractivity contribution in [3.05, 3.63) is 102 Å². The molecule has 0 N–H and O–H groups in total. The molecule has 1 saturated heterocycles. The number of piperidine rings is 1. The van der Waals surface area contributed by atoms with E-state index in [1.54, 1.807) is 13.0 Å². The highest BCUT2D eigenvalue weighted by molar-refractivity contribution is 6.05. The summed E-state index contributed by atoms with van der Waals surface area (Å²) in [4.78, 5) is 32.2. The number of hydrogen-bond acceptors (Lipinski definition) is 3. The Morgan fingerprint density at radius 3 is 2.34 bits per heavy atom. The SMILES string of the molecule is CC(=O)N1CCc2ccc(N(C(=O)/C=C\c3ccccc3)C3CCN(CCCc4ccccc4)CC3)cc21. The van der Waals surface area contributed by atoms with Crippen LogP contribution in [0.3, 0.4) is 0 Å². The molecule has 0 saturated carbocycles. The number of likely N-dealkylation sites (tertiary alicyclic amines) is 1. The number of nitrogens with zero attached hydrogens (tertiary/aromatic N) is 3. The van der Waals surface area contributed by atoms with Crippen LogP contribution in [-0.2, 0) is 22.4 Å². The number of carbonyl (C=O) groups is 2. The van der Waals surface area contributed by atoms with E-state index in [1.165, 1.54) is 11.1 Å². The maximum atomic E-state index is 13.7. The van der Waals surface area contributed by atoms with Gasteiger partial charge in [0.05, 0.1) is 0 Å². The van der Waals surface area contributed by atoms with Gasteiger partial charge in [-0.3, -0.25) is 9.59 Å². The fraction of sp³-hybridized carbons (Fsp3) is 0.333. The van der Waals surface area contributed by atoms with E-state index < -0.39 is 0 Å². The molecule has 0 atom stereocenters. The standard InChI is InChI=1S/C33H37N3O2/c1-26(37)35-24-18-29-15-16-31(25-32(29)35)36(33(38)17-14-28-11-6-3-7-12-28)30-19-22-34(23-20-30)21-8-13-27-9-4-2-5-10-27/h2-7,9-12,14-17,25,30H,8,13,18-24H2,1H3/b17-14-. The lowest BCUT2D eigenvalue weighted by molar-refractivity contribution is -0.116. The number of fused-ring (bicyclic) bond motifs is 1. The first-order valence-electron chi connectivity index (χ1n) is 13.8. The van der Waals surface area contributed by atoms with Gasteiger partial charge in [0.15, 0.2) is 0 Å². The predicted molar refractivity (Wildman–Crippen MR) is 155 cm³/mol. The molecule has 196 valence electrons. The summed E-state index contributed by atoms with van der Waals surface area (Å²) in [6.07, 6.45) is 8.55. The van der Waals surface area contributed by atoms with Gasteiger partial charge in [0.25, 0.3) is 5.91 Å².